The Bertz CT molecular complexity index is 685. The molecule has 1 heterocycles. The molecule has 1 atom stereocenters. The number of guanidine groups is 1. The van der Waals surface area contributed by atoms with Crippen LogP contribution < -0.4 is 10.6 Å². The average molecular weight is 363 g/mol. The molecule has 0 saturated carbocycles. The number of benzene rings is 1. The summed E-state index contributed by atoms with van der Waals surface area (Å²) in [4.78, 5) is 5.34. The Hall–Kier alpha value is -2.22. The van der Waals surface area contributed by atoms with Gasteiger partial charge in [0, 0.05) is 36.7 Å². The number of hydrogen-bond donors (Lipinski definition) is 2. The first-order chi connectivity index (χ1) is 12.2. The highest BCUT2D eigenvalue weighted by molar-refractivity contribution is 7.85. The van der Waals surface area contributed by atoms with Crippen LogP contribution >= 0.6 is 0 Å². The van der Waals surface area contributed by atoms with Crippen molar-refractivity contribution in [3.63, 3.8) is 0 Å². The largest absolute Gasteiger partial charge is 0.357 e. The van der Waals surface area contributed by atoms with Gasteiger partial charge in [-0.3, -0.25) is 9.20 Å². The van der Waals surface area contributed by atoms with Crippen molar-refractivity contribution in [2.75, 3.05) is 25.4 Å². The lowest BCUT2D eigenvalue weighted by molar-refractivity contribution is 0.633. The lowest BCUT2D eigenvalue weighted by Crippen LogP contribution is -2.39. The predicted octanol–water partition coefficient (Wildman–Crippen LogP) is 1.20. The van der Waals surface area contributed by atoms with Gasteiger partial charge in [-0.05, 0) is 19.1 Å². The molecule has 0 radical (unpaired) electrons. The van der Waals surface area contributed by atoms with Crippen LogP contribution in [0.5, 0.6) is 0 Å². The molecule has 25 heavy (non-hydrogen) atoms. The standard InChI is InChI=1S/C17H26N6OS/c1-3-16-22-21-14-23(16)12-10-19-17(18-4-2)20-11-13-25(24)15-8-6-5-7-9-15/h5-9,14H,3-4,10-13H2,1-2H3,(H2,18,19,20). The Morgan fingerprint density at radius 3 is 2.76 bits per heavy atom. The van der Waals surface area contributed by atoms with Gasteiger partial charge in [0.25, 0.3) is 0 Å². The van der Waals surface area contributed by atoms with Crippen LogP contribution in [0.4, 0.5) is 0 Å². The molecule has 0 spiro atoms. The first-order valence-electron chi connectivity index (χ1n) is 8.56. The van der Waals surface area contributed by atoms with E-state index in [1.807, 2.05) is 41.8 Å². The van der Waals surface area contributed by atoms with Crippen molar-refractivity contribution in [2.45, 2.75) is 31.7 Å². The lowest BCUT2D eigenvalue weighted by Gasteiger charge is -2.12. The van der Waals surface area contributed by atoms with Gasteiger partial charge in [-0.15, -0.1) is 10.2 Å². The number of hydrogen-bond acceptors (Lipinski definition) is 4. The van der Waals surface area contributed by atoms with Crippen molar-refractivity contribution in [2.24, 2.45) is 4.99 Å². The van der Waals surface area contributed by atoms with Gasteiger partial charge in [-0.25, -0.2) is 0 Å². The van der Waals surface area contributed by atoms with Gasteiger partial charge in [0.2, 0.25) is 0 Å². The fourth-order valence-electron chi connectivity index (χ4n) is 2.31. The molecule has 2 N–H and O–H groups in total. The van der Waals surface area contributed by atoms with Crippen molar-refractivity contribution in [1.82, 2.24) is 25.4 Å². The van der Waals surface area contributed by atoms with Crippen LogP contribution in [0.3, 0.4) is 0 Å². The molecule has 1 aromatic carbocycles. The normalized spacial score (nSPS) is 12.8. The van der Waals surface area contributed by atoms with Crippen LogP contribution in [-0.4, -0.2) is 50.3 Å². The molecular weight excluding hydrogens is 336 g/mol. The third-order valence-electron chi connectivity index (χ3n) is 3.55. The fourth-order valence-corrected chi connectivity index (χ4v) is 3.26. The molecule has 136 valence electrons. The summed E-state index contributed by atoms with van der Waals surface area (Å²) in [5, 5.41) is 14.5. The monoisotopic (exact) mass is 362 g/mol. The van der Waals surface area contributed by atoms with E-state index < -0.39 is 10.8 Å². The lowest BCUT2D eigenvalue weighted by atomic mass is 10.4. The Labute approximate surface area is 151 Å². The van der Waals surface area contributed by atoms with Crippen molar-refractivity contribution < 1.29 is 4.21 Å². The van der Waals surface area contributed by atoms with Gasteiger partial charge >= 0.3 is 0 Å². The SMILES string of the molecule is CCNC(=NCCS(=O)c1ccccc1)NCCn1cnnc1CC. The Morgan fingerprint density at radius 2 is 2.04 bits per heavy atom. The highest BCUT2D eigenvalue weighted by Gasteiger charge is 2.04. The maximum atomic E-state index is 12.2. The number of nitrogens with one attached hydrogen (secondary N) is 2. The minimum atomic E-state index is -1.02. The van der Waals surface area contributed by atoms with Crippen LogP contribution in [0.25, 0.3) is 0 Å². The molecule has 0 aliphatic heterocycles. The zero-order valence-corrected chi connectivity index (χ0v) is 15.6. The number of rotatable bonds is 9. The maximum absolute atomic E-state index is 12.2. The van der Waals surface area contributed by atoms with Gasteiger partial charge < -0.3 is 15.2 Å². The quantitative estimate of drug-likeness (QED) is 0.517. The molecule has 7 nitrogen and oxygen atoms in total. The Morgan fingerprint density at radius 1 is 1.24 bits per heavy atom. The van der Waals surface area contributed by atoms with E-state index in [9.17, 15) is 4.21 Å². The summed E-state index contributed by atoms with van der Waals surface area (Å²) in [6.45, 7) is 6.86. The highest BCUT2D eigenvalue weighted by Crippen LogP contribution is 2.05. The molecule has 0 saturated heterocycles. The third-order valence-corrected chi connectivity index (χ3v) is 4.91. The van der Waals surface area contributed by atoms with E-state index >= 15 is 0 Å². The Kier molecular flexibility index (Phi) is 8.11. The molecule has 0 amide bonds. The van der Waals surface area contributed by atoms with Crippen LogP contribution in [-0.2, 0) is 23.8 Å². The molecule has 8 heteroatoms. The molecule has 0 bridgehead atoms. The van der Waals surface area contributed by atoms with Gasteiger partial charge in [-0.1, -0.05) is 25.1 Å². The number of aromatic nitrogens is 3. The van der Waals surface area contributed by atoms with Gasteiger partial charge in [0.1, 0.15) is 12.2 Å². The number of aliphatic imine (C=N–C) groups is 1. The van der Waals surface area contributed by atoms with Crippen molar-refractivity contribution in [1.29, 1.82) is 0 Å². The van der Waals surface area contributed by atoms with E-state index in [0.29, 0.717) is 12.3 Å². The van der Waals surface area contributed by atoms with E-state index in [-0.39, 0.29) is 0 Å². The van der Waals surface area contributed by atoms with Crippen molar-refractivity contribution in [3.05, 3.63) is 42.5 Å². The summed E-state index contributed by atoms with van der Waals surface area (Å²) < 4.78 is 14.2. The highest BCUT2D eigenvalue weighted by atomic mass is 32.2. The summed E-state index contributed by atoms with van der Waals surface area (Å²) in [6, 6.07) is 9.49. The summed E-state index contributed by atoms with van der Waals surface area (Å²) in [7, 11) is -1.02. The zero-order valence-electron chi connectivity index (χ0n) is 14.8. The smallest absolute Gasteiger partial charge is 0.191 e. The number of aryl methyl sites for hydroxylation is 1. The molecule has 1 aromatic heterocycles. The molecule has 2 aromatic rings. The predicted molar refractivity (Wildman–Crippen MR) is 101 cm³/mol. The van der Waals surface area contributed by atoms with Crippen molar-refractivity contribution in [3.8, 4) is 0 Å². The van der Waals surface area contributed by atoms with Crippen molar-refractivity contribution >= 4 is 16.8 Å². The second-order valence-electron chi connectivity index (χ2n) is 5.34. The second kappa shape index (κ2) is 10.6. The first kappa shape index (κ1) is 19.1. The van der Waals surface area contributed by atoms with Crippen LogP contribution in [0.1, 0.15) is 19.7 Å². The van der Waals surface area contributed by atoms with E-state index in [2.05, 4.69) is 32.7 Å². The number of nitrogens with zero attached hydrogens (tertiary/aromatic N) is 4. The molecule has 2 rings (SSSR count). The minimum absolute atomic E-state index is 0.504. The summed E-state index contributed by atoms with van der Waals surface area (Å²) in [5.41, 5.74) is 0. The van der Waals surface area contributed by atoms with Gasteiger partial charge in [0.05, 0.1) is 17.3 Å². The molecule has 1 unspecified atom stereocenters. The fraction of sp³-hybridized carbons (Fsp3) is 0.471. The van der Waals surface area contributed by atoms with E-state index in [0.717, 1.165) is 42.7 Å². The topological polar surface area (TPSA) is 84.2 Å². The molecular formula is C17H26N6OS. The van der Waals surface area contributed by atoms with E-state index in [4.69, 9.17) is 0 Å². The zero-order chi connectivity index (χ0) is 17.9. The van der Waals surface area contributed by atoms with E-state index in [1.54, 1.807) is 6.33 Å². The average Bonchev–Trinajstić information content (AvgIpc) is 3.10. The first-order valence-corrected chi connectivity index (χ1v) is 9.88. The maximum Gasteiger partial charge on any atom is 0.191 e. The summed E-state index contributed by atoms with van der Waals surface area (Å²) >= 11 is 0. The second-order valence-corrected chi connectivity index (χ2v) is 6.91. The van der Waals surface area contributed by atoms with E-state index in [1.165, 1.54) is 0 Å². The van der Waals surface area contributed by atoms with Gasteiger partial charge in [-0.2, -0.15) is 0 Å². The Balaban J connectivity index is 1.80. The summed E-state index contributed by atoms with van der Waals surface area (Å²) in [6.07, 6.45) is 2.60. The van der Waals surface area contributed by atoms with Crippen LogP contribution in [0.15, 0.2) is 46.5 Å². The van der Waals surface area contributed by atoms with Crippen LogP contribution in [0, 0.1) is 0 Å². The van der Waals surface area contributed by atoms with Gasteiger partial charge in [0.15, 0.2) is 5.96 Å². The molecule has 0 aliphatic rings. The summed E-state index contributed by atoms with van der Waals surface area (Å²) in [5.74, 6) is 2.21. The molecule has 0 fully saturated rings. The third kappa shape index (κ3) is 6.30. The molecule has 0 aliphatic carbocycles. The van der Waals surface area contributed by atoms with Crippen LogP contribution in [0.2, 0.25) is 0 Å². The minimum Gasteiger partial charge on any atom is -0.357 e.